The number of nitrogens with two attached hydrogens (primary N) is 1. The van der Waals surface area contributed by atoms with Crippen molar-refractivity contribution in [3.63, 3.8) is 0 Å². The number of nitrogens with zero attached hydrogens (tertiary/aromatic N) is 3. The van der Waals surface area contributed by atoms with E-state index in [0.29, 0.717) is 18.2 Å². The second-order valence-electron chi connectivity index (χ2n) is 6.91. The summed E-state index contributed by atoms with van der Waals surface area (Å²) in [5, 5.41) is 4.37. The van der Waals surface area contributed by atoms with E-state index in [0.717, 1.165) is 44.4 Å². The van der Waals surface area contributed by atoms with Crippen LogP contribution in [0.3, 0.4) is 0 Å². The maximum absolute atomic E-state index is 6.19. The van der Waals surface area contributed by atoms with Crippen LogP contribution in [0, 0.1) is 6.92 Å². The Morgan fingerprint density at radius 3 is 2.86 bits per heavy atom. The Hall–Kier alpha value is -3.87. The van der Waals surface area contributed by atoms with Crippen molar-refractivity contribution < 1.29 is 0 Å². The number of imidazole rings is 1. The van der Waals surface area contributed by atoms with Crippen molar-refractivity contribution in [3.8, 4) is 0 Å². The van der Waals surface area contributed by atoms with Crippen molar-refractivity contribution in [1.29, 1.82) is 0 Å². The van der Waals surface area contributed by atoms with E-state index in [2.05, 4.69) is 48.4 Å². The molecule has 0 atom stereocenters. The van der Waals surface area contributed by atoms with Crippen molar-refractivity contribution >= 4 is 39.4 Å². The molecular formula is C21H19N7. The summed E-state index contributed by atoms with van der Waals surface area (Å²) in [7, 11) is 0. The van der Waals surface area contributed by atoms with E-state index in [9.17, 15) is 0 Å². The molecule has 0 aliphatic heterocycles. The first kappa shape index (κ1) is 16.3. The molecule has 28 heavy (non-hydrogen) atoms. The van der Waals surface area contributed by atoms with E-state index in [4.69, 9.17) is 5.73 Å². The second kappa shape index (κ2) is 6.38. The first-order valence-electron chi connectivity index (χ1n) is 9.04. The van der Waals surface area contributed by atoms with Gasteiger partial charge in [0.25, 0.3) is 0 Å². The summed E-state index contributed by atoms with van der Waals surface area (Å²) < 4.78 is 0. The van der Waals surface area contributed by atoms with E-state index in [-0.39, 0.29) is 0 Å². The lowest BCUT2D eigenvalue weighted by Gasteiger charge is -2.09. The standard InChI is InChI=1S/C21H19N7/c1-12-6-14-9-16(3-5-17(14)26-12)27-21-23-10-15(20(22)28-21)7-13-2-4-18-19(8-13)25-11-24-18/h2-6,8-11,26H,7H2,1H3,(H,24,25)(H3,22,23,27,28). The minimum absolute atomic E-state index is 0.473. The van der Waals surface area contributed by atoms with Gasteiger partial charge in [-0.2, -0.15) is 4.98 Å². The molecule has 138 valence electrons. The van der Waals surface area contributed by atoms with E-state index in [1.165, 1.54) is 0 Å². The Labute approximate surface area is 161 Å². The number of aromatic nitrogens is 5. The molecule has 0 radical (unpaired) electrons. The van der Waals surface area contributed by atoms with Gasteiger partial charge in [0.15, 0.2) is 0 Å². The molecule has 0 unspecified atom stereocenters. The zero-order valence-electron chi connectivity index (χ0n) is 15.3. The van der Waals surface area contributed by atoms with Gasteiger partial charge >= 0.3 is 0 Å². The van der Waals surface area contributed by atoms with Crippen LogP contribution in [0.4, 0.5) is 17.5 Å². The van der Waals surface area contributed by atoms with Gasteiger partial charge < -0.3 is 21.0 Å². The van der Waals surface area contributed by atoms with Crippen LogP contribution in [0.25, 0.3) is 21.9 Å². The summed E-state index contributed by atoms with van der Waals surface area (Å²) >= 11 is 0. The van der Waals surface area contributed by atoms with E-state index >= 15 is 0 Å². The summed E-state index contributed by atoms with van der Waals surface area (Å²) in [6.45, 7) is 2.04. The van der Waals surface area contributed by atoms with Gasteiger partial charge in [0.05, 0.1) is 17.4 Å². The zero-order valence-corrected chi connectivity index (χ0v) is 15.3. The lowest BCUT2D eigenvalue weighted by molar-refractivity contribution is 1.09. The van der Waals surface area contributed by atoms with Gasteiger partial charge in [-0.25, -0.2) is 9.97 Å². The Kier molecular flexibility index (Phi) is 3.72. The highest BCUT2D eigenvalue weighted by Gasteiger charge is 2.08. The number of hydrogen-bond donors (Lipinski definition) is 4. The Bertz CT molecular complexity index is 1300. The fourth-order valence-electron chi connectivity index (χ4n) is 3.41. The molecule has 5 aromatic rings. The number of nitrogens with one attached hydrogen (secondary N) is 3. The summed E-state index contributed by atoms with van der Waals surface area (Å²) in [4.78, 5) is 19.5. The molecule has 0 aliphatic rings. The van der Waals surface area contributed by atoms with Crippen LogP contribution < -0.4 is 11.1 Å². The number of rotatable bonds is 4. The van der Waals surface area contributed by atoms with Gasteiger partial charge in [0, 0.05) is 40.5 Å². The lowest BCUT2D eigenvalue weighted by atomic mass is 10.1. The van der Waals surface area contributed by atoms with Crippen LogP contribution in [-0.2, 0) is 6.42 Å². The first-order valence-corrected chi connectivity index (χ1v) is 9.04. The van der Waals surface area contributed by atoms with Gasteiger partial charge in [-0.15, -0.1) is 0 Å². The number of aromatic amines is 2. The van der Waals surface area contributed by atoms with Gasteiger partial charge in [-0.05, 0) is 48.9 Å². The molecule has 0 fully saturated rings. The molecule has 0 amide bonds. The van der Waals surface area contributed by atoms with Crippen LogP contribution in [0.5, 0.6) is 0 Å². The van der Waals surface area contributed by atoms with Crippen LogP contribution in [0.2, 0.25) is 0 Å². The molecule has 7 heteroatoms. The molecule has 0 saturated heterocycles. The third-order valence-electron chi connectivity index (χ3n) is 4.79. The van der Waals surface area contributed by atoms with Gasteiger partial charge in [-0.3, -0.25) is 0 Å². The third-order valence-corrected chi connectivity index (χ3v) is 4.79. The number of anilines is 3. The highest BCUT2D eigenvalue weighted by Crippen LogP contribution is 2.23. The van der Waals surface area contributed by atoms with E-state index in [1.807, 2.05) is 31.2 Å². The monoisotopic (exact) mass is 369 g/mol. The molecule has 0 saturated carbocycles. The lowest BCUT2D eigenvalue weighted by Crippen LogP contribution is -2.04. The quantitative estimate of drug-likeness (QED) is 0.382. The molecule has 0 spiro atoms. The SMILES string of the molecule is Cc1cc2cc(Nc3ncc(Cc4ccc5nc[nH]c5c4)c(N)n3)ccc2[nH]1. The third kappa shape index (κ3) is 3.03. The Morgan fingerprint density at radius 1 is 1.04 bits per heavy atom. The maximum atomic E-state index is 6.19. The molecule has 0 aliphatic carbocycles. The summed E-state index contributed by atoms with van der Waals surface area (Å²) in [6, 6.07) is 14.3. The van der Waals surface area contributed by atoms with E-state index < -0.39 is 0 Å². The molecule has 5 rings (SSSR count). The predicted octanol–water partition coefficient (Wildman–Crippen LogP) is 4.06. The number of nitrogen functional groups attached to an aromatic ring is 1. The van der Waals surface area contributed by atoms with Gasteiger partial charge in [0.2, 0.25) is 5.95 Å². The average Bonchev–Trinajstić information content (AvgIpc) is 3.28. The number of benzene rings is 2. The van der Waals surface area contributed by atoms with Gasteiger partial charge in [-0.1, -0.05) is 6.07 Å². The average molecular weight is 369 g/mol. The fourth-order valence-corrected chi connectivity index (χ4v) is 3.41. The zero-order chi connectivity index (χ0) is 19.1. The van der Waals surface area contributed by atoms with Crippen LogP contribution in [-0.4, -0.2) is 24.9 Å². The predicted molar refractivity (Wildman–Crippen MR) is 112 cm³/mol. The molecule has 3 aromatic heterocycles. The number of hydrogen-bond acceptors (Lipinski definition) is 5. The minimum Gasteiger partial charge on any atom is -0.383 e. The highest BCUT2D eigenvalue weighted by molar-refractivity contribution is 5.84. The maximum Gasteiger partial charge on any atom is 0.229 e. The first-order chi connectivity index (χ1) is 13.6. The van der Waals surface area contributed by atoms with Crippen molar-refractivity contribution in [3.05, 3.63) is 71.8 Å². The number of H-pyrrole nitrogens is 2. The topological polar surface area (TPSA) is 108 Å². The molecule has 3 heterocycles. The van der Waals surface area contributed by atoms with Crippen LogP contribution in [0.1, 0.15) is 16.8 Å². The van der Waals surface area contributed by atoms with Crippen molar-refractivity contribution in [1.82, 2.24) is 24.9 Å². The van der Waals surface area contributed by atoms with Crippen molar-refractivity contribution in [2.24, 2.45) is 0 Å². The second-order valence-corrected chi connectivity index (χ2v) is 6.91. The Morgan fingerprint density at radius 2 is 1.96 bits per heavy atom. The Balaban J connectivity index is 1.37. The molecule has 5 N–H and O–H groups in total. The smallest absolute Gasteiger partial charge is 0.229 e. The summed E-state index contributed by atoms with van der Waals surface area (Å²) in [5.74, 6) is 0.956. The minimum atomic E-state index is 0.473. The molecule has 7 nitrogen and oxygen atoms in total. The summed E-state index contributed by atoms with van der Waals surface area (Å²) in [5.41, 5.74) is 13.3. The number of aryl methyl sites for hydroxylation is 1. The van der Waals surface area contributed by atoms with E-state index in [1.54, 1.807) is 12.5 Å². The van der Waals surface area contributed by atoms with Crippen LogP contribution in [0.15, 0.2) is 55.0 Å². The normalized spacial score (nSPS) is 11.3. The number of fused-ring (bicyclic) bond motifs is 2. The van der Waals surface area contributed by atoms with Crippen molar-refractivity contribution in [2.45, 2.75) is 13.3 Å². The summed E-state index contributed by atoms with van der Waals surface area (Å²) in [6.07, 6.45) is 4.13. The molecule has 2 aromatic carbocycles. The highest BCUT2D eigenvalue weighted by atomic mass is 15.1. The fraction of sp³-hybridized carbons (Fsp3) is 0.0952. The molecule has 0 bridgehead atoms. The van der Waals surface area contributed by atoms with Crippen LogP contribution >= 0.6 is 0 Å². The van der Waals surface area contributed by atoms with Crippen molar-refractivity contribution in [2.75, 3.05) is 11.1 Å². The molecular weight excluding hydrogens is 350 g/mol. The largest absolute Gasteiger partial charge is 0.383 e. The van der Waals surface area contributed by atoms with Gasteiger partial charge in [0.1, 0.15) is 5.82 Å².